The Morgan fingerprint density at radius 3 is 2.86 bits per heavy atom. The van der Waals surface area contributed by atoms with Crippen molar-refractivity contribution in [2.75, 3.05) is 36.2 Å². The van der Waals surface area contributed by atoms with E-state index < -0.39 is 17.9 Å². The summed E-state index contributed by atoms with van der Waals surface area (Å²) in [6, 6.07) is 8.17. The molecule has 2 aromatic rings. The Labute approximate surface area is 169 Å². The minimum absolute atomic E-state index is 0.223. The molecule has 2 fully saturated rings. The van der Waals surface area contributed by atoms with Crippen molar-refractivity contribution in [1.82, 2.24) is 15.2 Å². The fraction of sp³-hybridized carbons (Fsp3) is 0.368. The number of nitrogens with zero attached hydrogens (tertiary/aromatic N) is 4. The Kier molecular flexibility index (Phi) is 5.00. The molecule has 4 rings (SSSR count). The van der Waals surface area contributed by atoms with Crippen LogP contribution in [0.1, 0.15) is 10.4 Å². The summed E-state index contributed by atoms with van der Waals surface area (Å²) in [4.78, 5) is 32.2. The molecule has 10 heteroatoms. The molecule has 7 nitrogen and oxygen atoms in total. The number of fused-ring (bicyclic) bond motifs is 1. The zero-order valence-electron chi connectivity index (χ0n) is 15.3. The van der Waals surface area contributed by atoms with Crippen LogP contribution in [0.3, 0.4) is 0 Å². The van der Waals surface area contributed by atoms with Gasteiger partial charge in [0.15, 0.2) is 0 Å². The molecule has 1 atom stereocenters. The summed E-state index contributed by atoms with van der Waals surface area (Å²) in [5.41, 5.74) is 1.46. The first-order chi connectivity index (χ1) is 13.9. The molecular formula is C19H17F2N5O2S. The number of rotatable bonds is 4. The van der Waals surface area contributed by atoms with E-state index in [1.807, 2.05) is 0 Å². The molecule has 2 aliphatic heterocycles. The van der Waals surface area contributed by atoms with Crippen molar-refractivity contribution in [2.45, 2.75) is 12.0 Å². The first kappa shape index (κ1) is 19.4. The number of carbonyl (C=O) groups is 2. The standard InChI is InChI=1S/C19H17F2N5O2S/c20-19(21)9-25(10-19)12-1-2-16-15(5-12)14(3-4-23-16)18(28)24-7-17(27)26-11-29-8-13(26)6-22/h1-5,13H,7-11H2,(H,24,28). The van der Waals surface area contributed by atoms with E-state index in [1.165, 1.54) is 33.8 Å². The molecule has 1 N–H and O–H groups in total. The molecule has 0 radical (unpaired) electrons. The highest BCUT2D eigenvalue weighted by atomic mass is 32.2. The second-order valence-corrected chi connectivity index (χ2v) is 7.96. The normalized spacial score (nSPS) is 20.2. The molecule has 2 amide bonds. The number of hydrogen-bond donors (Lipinski definition) is 1. The number of thioether (sulfide) groups is 1. The van der Waals surface area contributed by atoms with Gasteiger partial charge in [0.25, 0.3) is 11.8 Å². The van der Waals surface area contributed by atoms with E-state index in [9.17, 15) is 18.4 Å². The topological polar surface area (TPSA) is 89.3 Å². The zero-order chi connectivity index (χ0) is 20.6. The van der Waals surface area contributed by atoms with Gasteiger partial charge in [0.05, 0.1) is 42.7 Å². The molecule has 1 unspecified atom stereocenters. The zero-order valence-corrected chi connectivity index (χ0v) is 16.1. The quantitative estimate of drug-likeness (QED) is 0.817. The lowest BCUT2D eigenvalue weighted by molar-refractivity contribution is -0.129. The van der Waals surface area contributed by atoms with Crippen LogP contribution in [-0.4, -0.2) is 64.9 Å². The Balaban J connectivity index is 1.50. The summed E-state index contributed by atoms with van der Waals surface area (Å²) in [6.07, 6.45) is 1.49. The number of nitrogens with one attached hydrogen (secondary N) is 1. The van der Waals surface area contributed by atoms with E-state index in [0.29, 0.717) is 33.8 Å². The molecule has 0 spiro atoms. The van der Waals surface area contributed by atoms with Crippen LogP contribution in [-0.2, 0) is 4.79 Å². The highest BCUT2D eigenvalue weighted by molar-refractivity contribution is 7.99. The summed E-state index contributed by atoms with van der Waals surface area (Å²) in [6.45, 7) is -0.940. The van der Waals surface area contributed by atoms with Crippen molar-refractivity contribution in [1.29, 1.82) is 5.26 Å². The molecule has 1 aromatic heterocycles. The van der Waals surface area contributed by atoms with Gasteiger partial charge < -0.3 is 15.1 Å². The molecule has 2 aliphatic rings. The van der Waals surface area contributed by atoms with Crippen LogP contribution in [0.4, 0.5) is 14.5 Å². The lowest BCUT2D eigenvalue weighted by atomic mass is 10.0. The lowest BCUT2D eigenvalue weighted by Gasteiger charge is -2.40. The van der Waals surface area contributed by atoms with Gasteiger partial charge in [0, 0.05) is 23.0 Å². The smallest absolute Gasteiger partial charge is 0.282 e. The first-order valence-electron chi connectivity index (χ1n) is 8.94. The average molecular weight is 417 g/mol. The Hall–Kier alpha value is -2.93. The van der Waals surface area contributed by atoms with Gasteiger partial charge in [-0.15, -0.1) is 11.8 Å². The average Bonchev–Trinajstić information content (AvgIpc) is 3.18. The molecule has 3 heterocycles. The third-order valence-corrected chi connectivity index (χ3v) is 5.94. The van der Waals surface area contributed by atoms with Gasteiger partial charge in [0.1, 0.15) is 6.04 Å². The lowest BCUT2D eigenvalue weighted by Crippen LogP contribution is -2.56. The molecular weight excluding hydrogens is 400 g/mol. The Morgan fingerprint density at radius 2 is 2.14 bits per heavy atom. The summed E-state index contributed by atoms with van der Waals surface area (Å²) in [5.74, 6) is -2.49. The number of halogens is 2. The molecule has 0 aliphatic carbocycles. The maximum absolute atomic E-state index is 13.2. The van der Waals surface area contributed by atoms with E-state index in [1.54, 1.807) is 18.2 Å². The summed E-state index contributed by atoms with van der Waals surface area (Å²) in [5, 5.41) is 12.2. The minimum atomic E-state index is -2.69. The van der Waals surface area contributed by atoms with Gasteiger partial charge in [-0.05, 0) is 24.3 Å². The van der Waals surface area contributed by atoms with Crippen molar-refractivity contribution in [2.24, 2.45) is 0 Å². The third kappa shape index (κ3) is 3.82. The predicted molar refractivity (Wildman–Crippen MR) is 105 cm³/mol. The first-order valence-corrected chi connectivity index (χ1v) is 10.1. The number of hydrogen-bond acceptors (Lipinski definition) is 6. The van der Waals surface area contributed by atoms with E-state index in [4.69, 9.17) is 5.26 Å². The fourth-order valence-corrected chi connectivity index (χ4v) is 4.48. The van der Waals surface area contributed by atoms with Crippen molar-refractivity contribution >= 4 is 40.2 Å². The van der Waals surface area contributed by atoms with Gasteiger partial charge in [-0.1, -0.05) is 0 Å². The van der Waals surface area contributed by atoms with E-state index >= 15 is 0 Å². The predicted octanol–water partition coefficient (Wildman–Crippen LogP) is 1.84. The van der Waals surface area contributed by atoms with Crippen molar-refractivity contribution in [3.05, 3.63) is 36.0 Å². The van der Waals surface area contributed by atoms with Gasteiger partial charge in [-0.3, -0.25) is 14.6 Å². The monoisotopic (exact) mass is 417 g/mol. The van der Waals surface area contributed by atoms with Gasteiger partial charge in [-0.2, -0.15) is 5.26 Å². The SMILES string of the molecule is N#CC1CSCN1C(=O)CNC(=O)c1ccnc2ccc(N3CC(F)(F)C3)cc12. The molecule has 1 aromatic carbocycles. The van der Waals surface area contributed by atoms with Crippen LogP contribution in [0.15, 0.2) is 30.5 Å². The van der Waals surface area contributed by atoms with Gasteiger partial charge >= 0.3 is 0 Å². The van der Waals surface area contributed by atoms with E-state index in [-0.39, 0.29) is 25.5 Å². The Bertz CT molecular complexity index is 1020. The maximum Gasteiger partial charge on any atom is 0.282 e. The number of aromatic nitrogens is 1. The number of carbonyl (C=O) groups excluding carboxylic acids is 2. The van der Waals surface area contributed by atoms with Crippen molar-refractivity contribution in [3.8, 4) is 6.07 Å². The van der Waals surface area contributed by atoms with Gasteiger partial charge in [0.2, 0.25) is 5.91 Å². The van der Waals surface area contributed by atoms with Gasteiger partial charge in [-0.25, -0.2) is 8.78 Å². The number of anilines is 1. The summed E-state index contributed by atoms with van der Waals surface area (Å²) >= 11 is 1.49. The van der Waals surface area contributed by atoms with Crippen molar-refractivity contribution < 1.29 is 18.4 Å². The van der Waals surface area contributed by atoms with Crippen LogP contribution in [0.25, 0.3) is 10.9 Å². The maximum atomic E-state index is 13.2. The molecule has 29 heavy (non-hydrogen) atoms. The van der Waals surface area contributed by atoms with Crippen LogP contribution < -0.4 is 10.2 Å². The highest BCUT2D eigenvalue weighted by Gasteiger charge is 2.44. The second-order valence-electron chi connectivity index (χ2n) is 6.96. The Morgan fingerprint density at radius 1 is 1.34 bits per heavy atom. The molecule has 150 valence electrons. The van der Waals surface area contributed by atoms with Crippen LogP contribution >= 0.6 is 11.8 Å². The summed E-state index contributed by atoms with van der Waals surface area (Å²) < 4.78 is 26.4. The van der Waals surface area contributed by atoms with Crippen molar-refractivity contribution in [3.63, 3.8) is 0 Å². The van der Waals surface area contributed by atoms with Crippen LogP contribution in [0.5, 0.6) is 0 Å². The number of benzene rings is 1. The van der Waals surface area contributed by atoms with E-state index in [0.717, 1.165) is 0 Å². The van der Waals surface area contributed by atoms with E-state index in [2.05, 4.69) is 16.4 Å². The molecule has 0 saturated carbocycles. The molecule has 2 saturated heterocycles. The molecule has 0 bridgehead atoms. The number of nitriles is 1. The van der Waals surface area contributed by atoms with Crippen LogP contribution in [0.2, 0.25) is 0 Å². The summed E-state index contributed by atoms with van der Waals surface area (Å²) in [7, 11) is 0. The largest absolute Gasteiger partial charge is 0.359 e. The van der Waals surface area contributed by atoms with Crippen LogP contribution in [0, 0.1) is 11.3 Å². The fourth-order valence-electron chi connectivity index (χ4n) is 3.37. The number of amides is 2. The highest BCUT2D eigenvalue weighted by Crippen LogP contribution is 2.33. The number of pyridine rings is 1. The second kappa shape index (κ2) is 7.48. The number of alkyl halides is 2. The minimum Gasteiger partial charge on any atom is -0.359 e. The third-order valence-electron chi connectivity index (χ3n) is 4.93.